The molecule has 4 nitrogen and oxygen atoms in total. The fraction of sp³-hybridized carbons (Fsp3) is 0.235. The number of rotatable bonds is 4. The molecule has 0 bridgehead atoms. The molecule has 0 spiro atoms. The molecule has 5 heteroatoms. The van der Waals surface area contributed by atoms with E-state index in [2.05, 4.69) is 21.2 Å². The van der Waals surface area contributed by atoms with Gasteiger partial charge in [0.15, 0.2) is 0 Å². The molecule has 1 atom stereocenters. The highest BCUT2D eigenvalue weighted by atomic mass is 79.9. The summed E-state index contributed by atoms with van der Waals surface area (Å²) in [6.45, 7) is 2.24. The van der Waals surface area contributed by atoms with Crippen molar-refractivity contribution in [1.82, 2.24) is 5.32 Å². The summed E-state index contributed by atoms with van der Waals surface area (Å²) in [6.07, 6.45) is 4.17. The number of amides is 1. The highest BCUT2D eigenvalue weighted by Gasteiger charge is 2.19. The van der Waals surface area contributed by atoms with Crippen LogP contribution in [0.25, 0.3) is 6.08 Å². The molecule has 3 rings (SSSR count). The Hall–Kier alpha value is -2.01. The number of benzene rings is 1. The molecule has 1 amide bonds. The number of halogens is 1. The van der Waals surface area contributed by atoms with E-state index in [1.807, 2.05) is 43.3 Å². The van der Waals surface area contributed by atoms with Gasteiger partial charge in [-0.1, -0.05) is 15.9 Å². The molecule has 22 heavy (non-hydrogen) atoms. The Morgan fingerprint density at radius 3 is 3.05 bits per heavy atom. The van der Waals surface area contributed by atoms with Gasteiger partial charge in [0, 0.05) is 22.5 Å². The molecule has 0 fully saturated rings. The van der Waals surface area contributed by atoms with Crippen molar-refractivity contribution in [3.8, 4) is 5.75 Å². The Morgan fingerprint density at radius 1 is 1.41 bits per heavy atom. The van der Waals surface area contributed by atoms with Crippen LogP contribution in [0.1, 0.15) is 18.2 Å². The Labute approximate surface area is 137 Å². The number of hydrogen-bond donors (Lipinski definition) is 1. The lowest BCUT2D eigenvalue weighted by Crippen LogP contribution is -2.36. The molecular formula is C17H16BrNO3. The lowest BCUT2D eigenvalue weighted by molar-refractivity contribution is -0.118. The van der Waals surface area contributed by atoms with Crippen molar-refractivity contribution in [1.29, 1.82) is 0 Å². The first kappa shape index (κ1) is 14.9. The van der Waals surface area contributed by atoms with Crippen molar-refractivity contribution in [2.75, 3.05) is 6.61 Å². The van der Waals surface area contributed by atoms with Crippen molar-refractivity contribution >= 4 is 27.9 Å². The number of carbonyl (C=O) groups excluding carboxylic acids is 1. The number of nitrogens with one attached hydrogen (secondary N) is 1. The summed E-state index contributed by atoms with van der Waals surface area (Å²) in [4.78, 5) is 12.3. The van der Waals surface area contributed by atoms with Gasteiger partial charge in [-0.3, -0.25) is 4.79 Å². The highest BCUT2D eigenvalue weighted by Crippen LogP contribution is 2.29. The normalized spacial score (nSPS) is 14.5. The van der Waals surface area contributed by atoms with Gasteiger partial charge in [-0.05, 0) is 43.3 Å². The molecule has 1 N–H and O–H groups in total. The standard InChI is InChI=1S/C17H16BrNO3/c1-11(7-15-3-2-6-21-15)19-17(20)13-8-12-9-14(18)4-5-16(12)22-10-13/h2-6,8-9,11H,7,10H2,1H3,(H,19,20). The minimum atomic E-state index is -0.107. The maximum Gasteiger partial charge on any atom is 0.250 e. The second-order valence-electron chi connectivity index (χ2n) is 5.30. The van der Waals surface area contributed by atoms with E-state index in [1.54, 1.807) is 6.26 Å². The molecular weight excluding hydrogens is 346 g/mol. The molecule has 1 aliphatic heterocycles. The lowest BCUT2D eigenvalue weighted by atomic mass is 10.1. The van der Waals surface area contributed by atoms with Crippen LogP contribution < -0.4 is 10.1 Å². The second kappa shape index (κ2) is 6.40. The van der Waals surface area contributed by atoms with Crippen LogP contribution in [-0.2, 0) is 11.2 Å². The molecule has 2 heterocycles. The Morgan fingerprint density at radius 2 is 2.27 bits per heavy atom. The minimum Gasteiger partial charge on any atom is -0.488 e. The van der Waals surface area contributed by atoms with E-state index in [1.165, 1.54) is 0 Å². The summed E-state index contributed by atoms with van der Waals surface area (Å²) < 4.78 is 11.9. The molecule has 0 saturated carbocycles. The van der Waals surface area contributed by atoms with Gasteiger partial charge in [0.25, 0.3) is 5.91 Å². The van der Waals surface area contributed by atoms with Gasteiger partial charge in [0.1, 0.15) is 18.1 Å². The zero-order valence-electron chi connectivity index (χ0n) is 12.1. The lowest BCUT2D eigenvalue weighted by Gasteiger charge is -2.19. The smallest absolute Gasteiger partial charge is 0.250 e. The van der Waals surface area contributed by atoms with Crippen LogP contribution >= 0.6 is 15.9 Å². The summed E-state index contributed by atoms with van der Waals surface area (Å²) in [6, 6.07) is 9.49. The van der Waals surface area contributed by atoms with Crippen LogP contribution in [0.3, 0.4) is 0 Å². The topological polar surface area (TPSA) is 51.5 Å². The van der Waals surface area contributed by atoms with Crippen LogP contribution in [0.4, 0.5) is 0 Å². The average molecular weight is 362 g/mol. The number of furan rings is 1. The van der Waals surface area contributed by atoms with Gasteiger partial charge < -0.3 is 14.5 Å². The van der Waals surface area contributed by atoms with E-state index in [9.17, 15) is 4.79 Å². The van der Waals surface area contributed by atoms with Crippen molar-refractivity contribution in [2.24, 2.45) is 0 Å². The Bertz CT molecular complexity index is 707. The van der Waals surface area contributed by atoms with E-state index >= 15 is 0 Å². The SMILES string of the molecule is CC(Cc1ccco1)NC(=O)C1=Cc2cc(Br)ccc2OC1. The molecule has 0 radical (unpaired) electrons. The zero-order valence-corrected chi connectivity index (χ0v) is 13.7. The van der Waals surface area contributed by atoms with Crippen molar-refractivity contribution < 1.29 is 13.9 Å². The number of ether oxygens (including phenoxy) is 1. The first-order valence-electron chi connectivity index (χ1n) is 7.08. The largest absolute Gasteiger partial charge is 0.488 e. The number of hydrogen-bond acceptors (Lipinski definition) is 3. The fourth-order valence-electron chi connectivity index (χ4n) is 2.38. The summed E-state index contributed by atoms with van der Waals surface area (Å²) in [5, 5.41) is 2.97. The maximum absolute atomic E-state index is 12.3. The molecule has 0 saturated heterocycles. The van der Waals surface area contributed by atoms with Gasteiger partial charge in [-0.25, -0.2) is 0 Å². The fourth-order valence-corrected chi connectivity index (χ4v) is 2.76. The highest BCUT2D eigenvalue weighted by molar-refractivity contribution is 9.10. The average Bonchev–Trinajstić information content (AvgIpc) is 2.99. The van der Waals surface area contributed by atoms with Crippen LogP contribution in [-0.4, -0.2) is 18.6 Å². The third kappa shape index (κ3) is 3.42. The minimum absolute atomic E-state index is 0.0107. The van der Waals surface area contributed by atoms with Gasteiger partial charge in [0.2, 0.25) is 0 Å². The van der Waals surface area contributed by atoms with Crippen molar-refractivity contribution in [2.45, 2.75) is 19.4 Å². The van der Waals surface area contributed by atoms with Gasteiger partial charge >= 0.3 is 0 Å². The van der Waals surface area contributed by atoms with E-state index in [0.29, 0.717) is 12.0 Å². The summed E-state index contributed by atoms with van der Waals surface area (Å²) in [5.74, 6) is 1.55. The van der Waals surface area contributed by atoms with Crippen LogP contribution in [0.2, 0.25) is 0 Å². The van der Waals surface area contributed by atoms with E-state index in [4.69, 9.17) is 9.15 Å². The third-order valence-corrected chi connectivity index (χ3v) is 3.93. The predicted molar refractivity (Wildman–Crippen MR) is 87.6 cm³/mol. The Balaban J connectivity index is 1.67. The quantitative estimate of drug-likeness (QED) is 0.905. The predicted octanol–water partition coefficient (Wildman–Crippen LogP) is 3.57. The van der Waals surface area contributed by atoms with Gasteiger partial charge in [-0.2, -0.15) is 0 Å². The molecule has 2 aromatic rings. The van der Waals surface area contributed by atoms with Gasteiger partial charge in [-0.15, -0.1) is 0 Å². The second-order valence-corrected chi connectivity index (χ2v) is 6.21. The van der Waals surface area contributed by atoms with E-state index < -0.39 is 0 Å². The van der Waals surface area contributed by atoms with Crippen LogP contribution in [0.5, 0.6) is 5.75 Å². The summed E-state index contributed by atoms with van der Waals surface area (Å²) >= 11 is 3.43. The summed E-state index contributed by atoms with van der Waals surface area (Å²) in [7, 11) is 0. The molecule has 1 aromatic carbocycles. The van der Waals surface area contributed by atoms with Crippen LogP contribution in [0, 0.1) is 0 Å². The summed E-state index contributed by atoms with van der Waals surface area (Å²) in [5.41, 5.74) is 1.53. The monoisotopic (exact) mass is 361 g/mol. The molecule has 1 unspecified atom stereocenters. The molecule has 1 aliphatic rings. The van der Waals surface area contributed by atoms with Gasteiger partial charge in [0.05, 0.1) is 11.8 Å². The number of fused-ring (bicyclic) bond motifs is 1. The van der Waals surface area contributed by atoms with E-state index in [0.717, 1.165) is 21.5 Å². The van der Waals surface area contributed by atoms with Crippen molar-refractivity contribution in [3.05, 3.63) is 58.0 Å². The van der Waals surface area contributed by atoms with E-state index in [-0.39, 0.29) is 18.6 Å². The first-order chi connectivity index (χ1) is 10.6. The zero-order chi connectivity index (χ0) is 15.5. The third-order valence-electron chi connectivity index (χ3n) is 3.44. The molecule has 0 aliphatic carbocycles. The molecule has 114 valence electrons. The Kier molecular flexibility index (Phi) is 4.34. The number of carbonyl (C=O) groups is 1. The van der Waals surface area contributed by atoms with Crippen LogP contribution in [0.15, 0.2) is 51.1 Å². The molecule has 1 aromatic heterocycles. The maximum atomic E-state index is 12.3. The first-order valence-corrected chi connectivity index (χ1v) is 7.87. The van der Waals surface area contributed by atoms with Crippen molar-refractivity contribution in [3.63, 3.8) is 0 Å².